The maximum Gasteiger partial charge on any atom is 0.236 e. The first-order valence-electron chi connectivity index (χ1n) is 8.72. The van der Waals surface area contributed by atoms with E-state index in [0.29, 0.717) is 18.5 Å². The highest BCUT2D eigenvalue weighted by atomic mass is 16.3. The van der Waals surface area contributed by atoms with E-state index < -0.39 is 0 Å². The van der Waals surface area contributed by atoms with Gasteiger partial charge in [0.25, 0.3) is 0 Å². The van der Waals surface area contributed by atoms with Gasteiger partial charge in [-0.05, 0) is 51.2 Å². The smallest absolute Gasteiger partial charge is 0.236 e. The molecule has 1 amide bonds. The number of carbonyl (C=O) groups is 1. The van der Waals surface area contributed by atoms with Gasteiger partial charge in [0.05, 0.1) is 13.1 Å². The molecule has 2 saturated carbocycles. The maximum atomic E-state index is 12.4. The summed E-state index contributed by atoms with van der Waals surface area (Å²) in [5.41, 5.74) is 0. The zero-order chi connectivity index (χ0) is 15.7. The van der Waals surface area contributed by atoms with Crippen molar-refractivity contribution in [3.05, 3.63) is 23.7 Å². The molecule has 4 nitrogen and oxygen atoms in total. The molecule has 0 spiro atoms. The van der Waals surface area contributed by atoms with Crippen LogP contribution in [0.15, 0.2) is 16.5 Å². The number of amides is 1. The van der Waals surface area contributed by atoms with Crippen LogP contribution in [-0.2, 0) is 11.3 Å². The Kier molecular flexibility index (Phi) is 4.57. The van der Waals surface area contributed by atoms with Crippen LogP contribution in [0.3, 0.4) is 0 Å². The standard InChI is InChI=1S/C18H28N2O2/c1-4-19(5-2)18(21)12-20(14-6-7-14)11-15-8-9-17(22-15)16-10-13(16)3/h8-9,13-14,16H,4-7,10-12H2,1-3H3. The van der Waals surface area contributed by atoms with Crippen LogP contribution in [0.1, 0.15) is 57.5 Å². The third-order valence-corrected chi connectivity index (χ3v) is 5.03. The van der Waals surface area contributed by atoms with E-state index in [2.05, 4.69) is 24.0 Å². The molecular weight excluding hydrogens is 276 g/mol. The van der Waals surface area contributed by atoms with Gasteiger partial charge in [-0.1, -0.05) is 6.92 Å². The minimum Gasteiger partial charge on any atom is -0.464 e. The van der Waals surface area contributed by atoms with Crippen molar-refractivity contribution in [2.75, 3.05) is 19.6 Å². The second-order valence-corrected chi connectivity index (χ2v) is 6.83. The largest absolute Gasteiger partial charge is 0.464 e. The number of hydrogen-bond donors (Lipinski definition) is 0. The molecule has 1 aromatic heterocycles. The van der Waals surface area contributed by atoms with Crippen molar-refractivity contribution in [2.45, 2.75) is 58.5 Å². The first kappa shape index (κ1) is 15.6. The molecule has 0 radical (unpaired) electrons. The molecule has 2 unspecified atom stereocenters. The van der Waals surface area contributed by atoms with Crippen LogP contribution in [0, 0.1) is 5.92 Å². The molecule has 2 fully saturated rings. The minimum atomic E-state index is 0.236. The molecular formula is C18H28N2O2. The average Bonchev–Trinajstić information content (AvgIpc) is 3.41. The Hall–Kier alpha value is -1.29. The van der Waals surface area contributed by atoms with Crippen molar-refractivity contribution in [3.63, 3.8) is 0 Å². The van der Waals surface area contributed by atoms with E-state index in [1.165, 1.54) is 19.3 Å². The molecule has 2 aliphatic carbocycles. The van der Waals surface area contributed by atoms with Crippen LogP contribution in [0.4, 0.5) is 0 Å². The third-order valence-electron chi connectivity index (χ3n) is 5.03. The molecule has 2 aliphatic rings. The fourth-order valence-corrected chi connectivity index (χ4v) is 3.20. The second kappa shape index (κ2) is 6.45. The van der Waals surface area contributed by atoms with Crippen molar-refractivity contribution < 1.29 is 9.21 Å². The lowest BCUT2D eigenvalue weighted by Gasteiger charge is -2.25. The molecule has 22 heavy (non-hydrogen) atoms. The van der Waals surface area contributed by atoms with Gasteiger partial charge in [0.2, 0.25) is 5.91 Å². The van der Waals surface area contributed by atoms with Gasteiger partial charge in [0, 0.05) is 25.0 Å². The molecule has 0 N–H and O–H groups in total. The Labute approximate surface area is 133 Å². The van der Waals surface area contributed by atoms with Crippen molar-refractivity contribution >= 4 is 5.91 Å². The highest BCUT2D eigenvalue weighted by molar-refractivity contribution is 5.78. The minimum absolute atomic E-state index is 0.236. The highest BCUT2D eigenvalue weighted by Crippen LogP contribution is 2.47. The molecule has 3 rings (SSSR count). The molecule has 0 saturated heterocycles. The summed E-state index contributed by atoms with van der Waals surface area (Å²) in [6.07, 6.45) is 3.66. The van der Waals surface area contributed by atoms with Crippen LogP contribution >= 0.6 is 0 Å². The number of likely N-dealkylation sites (N-methyl/N-ethyl adjacent to an activating group) is 1. The summed E-state index contributed by atoms with van der Waals surface area (Å²) >= 11 is 0. The molecule has 0 bridgehead atoms. The molecule has 2 atom stereocenters. The molecule has 122 valence electrons. The predicted octanol–water partition coefficient (Wildman–Crippen LogP) is 3.24. The van der Waals surface area contributed by atoms with Gasteiger partial charge < -0.3 is 9.32 Å². The highest BCUT2D eigenvalue weighted by Gasteiger charge is 2.37. The molecule has 1 aromatic rings. The third kappa shape index (κ3) is 3.54. The maximum absolute atomic E-state index is 12.4. The van der Waals surface area contributed by atoms with Gasteiger partial charge in [-0.15, -0.1) is 0 Å². The van der Waals surface area contributed by atoms with Gasteiger partial charge in [0.15, 0.2) is 0 Å². The van der Waals surface area contributed by atoms with E-state index >= 15 is 0 Å². The Balaban J connectivity index is 1.59. The van der Waals surface area contributed by atoms with E-state index in [1.54, 1.807) is 0 Å². The van der Waals surface area contributed by atoms with Crippen LogP contribution in [0.25, 0.3) is 0 Å². The van der Waals surface area contributed by atoms with Crippen molar-refractivity contribution in [2.24, 2.45) is 5.92 Å². The first-order valence-corrected chi connectivity index (χ1v) is 8.72. The molecule has 1 heterocycles. The van der Waals surface area contributed by atoms with Crippen molar-refractivity contribution in [1.29, 1.82) is 0 Å². The van der Waals surface area contributed by atoms with Crippen LogP contribution in [0.5, 0.6) is 0 Å². The average molecular weight is 304 g/mol. The Bertz CT molecular complexity index is 517. The molecule has 4 heteroatoms. The van der Waals surface area contributed by atoms with Crippen molar-refractivity contribution in [1.82, 2.24) is 9.80 Å². The Morgan fingerprint density at radius 2 is 1.95 bits per heavy atom. The monoisotopic (exact) mass is 304 g/mol. The zero-order valence-electron chi connectivity index (χ0n) is 14.0. The summed E-state index contributed by atoms with van der Waals surface area (Å²) in [6.45, 7) is 9.21. The molecule has 0 aromatic carbocycles. The number of hydrogen-bond acceptors (Lipinski definition) is 3. The number of furan rings is 1. The van der Waals surface area contributed by atoms with E-state index in [1.807, 2.05) is 18.7 Å². The fraction of sp³-hybridized carbons (Fsp3) is 0.722. The summed E-state index contributed by atoms with van der Waals surface area (Å²) < 4.78 is 6.01. The second-order valence-electron chi connectivity index (χ2n) is 6.83. The van der Waals surface area contributed by atoms with Gasteiger partial charge in [0.1, 0.15) is 11.5 Å². The van der Waals surface area contributed by atoms with Crippen LogP contribution in [-0.4, -0.2) is 41.4 Å². The summed E-state index contributed by atoms with van der Waals surface area (Å²) in [7, 11) is 0. The number of nitrogens with zero attached hydrogens (tertiary/aromatic N) is 2. The van der Waals surface area contributed by atoms with Gasteiger partial charge in [-0.25, -0.2) is 0 Å². The van der Waals surface area contributed by atoms with E-state index in [-0.39, 0.29) is 5.91 Å². The fourth-order valence-electron chi connectivity index (χ4n) is 3.20. The van der Waals surface area contributed by atoms with E-state index in [4.69, 9.17) is 4.42 Å². The predicted molar refractivity (Wildman–Crippen MR) is 86.6 cm³/mol. The lowest BCUT2D eigenvalue weighted by molar-refractivity contribution is -0.132. The van der Waals surface area contributed by atoms with Crippen LogP contribution in [0.2, 0.25) is 0 Å². The van der Waals surface area contributed by atoms with Gasteiger partial charge in [-0.3, -0.25) is 9.69 Å². The number of carbonyl (C=O) groups excluding carboxylic acids is 1. The van der Waals surface area contributed by atoms with Gasteiger partial charge >= 0.3 is 0 Å². The Morgan fingerprint density at radius 1 is 1.27 bits per heavy atom. The summed E-state index contributed by atoms with van der Waals surface area (Å²) in [4.78, 5) is 16.6. The summed E-state index contributed by atoms with van der Waals surface area (Å²) in [5.74, 6) is 3.77. The van der Waals surface area contributed by atoms with Crippen LogP contribution < -0.4 is 0 Å². The van der Waals surface area contributed by atoms with Crippen molar-refractivity contribution in [3.8, 4) is 0 Å². The topological polar surface area (TPSA) is 36.7 Å². The lowest BCUT2D eigenvalue weighted by Crippen LogP contribution is -2.40. The first-order chi connectivity index (χ1) is 10.6. The van der Waals surface area contributed by atoms with E-state index in [9.17, 15) is 4.79 Å². The zero-order valence-corrected chi connectivity index (χ0v) is 14.0. The number of rotatable bonds is 8. The summed E-state index contributed by atoms with van der Waals surface area (Å²) in [6, 6.07) is 4.78. The summed E-state index contributed by atoms with van der Waals surface area (Å²) in [5, 5.41) is 0. The normalized spacial score (nSPS) is 23.8. The van der Waals surface area contributed by atoms with Gasteiger partial charge in [-0.2, -0.15) is 0 Å². The van der Waals surface area contributed by atoms with E-state index in [0.717, 1.165) is 37.1 Å². The Morgan fingerprint density at radius 3 is 2.50 bits per heavy atom. The SMILES string of the molecule is CCN(CC)C(=O)CN(Cc1ccc(C2CC2C)o1)C1CC1. The quantitative estimate of drug-likeness (QED) is 0.740. The molecule has 0 aliphatic heterocycles. The lowest BCUT2D eigenvalue weighted by atomic mass is 10.3.